The van der Waals surface area contributed by atoms with Gasteiger partial charge in [0.2, 0.25) is 0 Å². The van der Waals surface area contributed by atoms with Crippen molar-refractivity contribution in [2.45, 2.75) is 32.4 Å². The molecule has 4 heteroatoms. The molecule has 0 aliphatic carbocycles. The zero-order chi connectivity index (χ0) is 12.1. The van der Waals surface area contributed by atoms with Crippen LogP contribution in [0.2, 0.25) is 5.02 Å². The first-order valence-electron chi connectivity index (χ1n) is 5.19. The highest BCUT2D eigenvalue weighted by Crippen LogP contribution is 2.28. The van der Waals surface area contributed by atoms with E-state index in [0.717, 1.165) is 5.56 Å². The topological polar surface area (TPSA) is 59.0 Å². The monoisotopic (exact) mass is 238 g/mol. The summed E-state index contributed by atoms with van der Waals surface area (Å²) in [5, 5.41) is 9.27. The van der Waals surface area contributed by atoms with Gasteiger partial charge in [0.05, 0.1) is 5.02 Å². The minimum absolute atomic E-state index is 0.0653. The number of ether oxygens (including phenoxy) is 1. The number of hydrogen-bond acceptors (Lipinski definition) is 3. The Morgan fingerprint density at radius 3 is 2.69 bits per heavy atom. The molecule has 0 amide bonds. The van der Waals surface area contributed by atoms with Crippen LogP contribution in [0.15, 0.2) is 18.2 Å². The fourth-order valence-corrected chi connectivity index (χ4v) is 1.48. The first-order valence-corrected chi connectivity index (χ1v) is 5.57. The van der Waals surface area contributed by atoms with E-state index in [9.17, 15) is 0 Å². The maximum Gasteiger partial charge on any atom is 0.184 e. The Hall–Kier alpha value is -1.24. The molecule has 1 aromatic carbocycles. The standard InChI is InChI=1S/C12H15ClN2O/c1-3-10(7-14)16-12-5-4-9(8(2)15)6-11(12)13/h4-6,8,10H,3,15H2,1-2H3/t8-,10?/m0/s1. The van der Waals surface area contributed by atoms with Crippen LogP contribution < -0.4 is 10.5 Å². The van der Waals surface area contributed by atoms with Crippen molar-refractivity contribution >= 4 is 11.6 Å². The average Bonchev–Trinajstić information content (AvgIpc) is 2.27. The van der Waals surface area contributed by atoms with Crippen LogP contribution in [0, 0.1) is 11.3 Å². The SMILES string of the molecule is CCC(C#N)Oc1ccc([C@H](C)N)cc1Cl. The Labute approximate surface area is 101 Å². The Balaban J connectivity index is 2.87. The van der Waals surface area contributed by atoms with Crippen LogP contribution in [-0.4, -0.2) is 6.10 Å². The predicted octanol–water partition coefficient (Wildman–Crippen LogP) is 3.04. The molecule has 86 valence electrons. The molecule has 1 unspecified atom stereocenters. The predicted molar refractivity (Wildman–Crippen MR) is 64.4 cm³/mol. The average molecular weight is 239 g/mol. The van der Waals surface area contributed by atoms with Crippen molar-refractivity contribution in [3.63, 3.8) is 0 Å². The lowest BCUT2D eigenvalue weighted by molar-refractivity contribution is 0.252. The van der Waals surface area contributed by atoms with E-state index >= 15 is 0 Å². The van der Waals surface area contributed by atoms with Crippen molar-refractivity contribution in [2.75, 3.05) is 0 Å². The molecule has 0 saturated heterocycles. The van der Waals surface area contributed by atoms with Crippen molar-refractivity contribution in [2.24, 2.45) is 5.73 Å². The summed E-state index contributed by atoms with van der Waals surface area (Å²) in [5.41, 5.74) is 6.68. The number of hydrogen-bond donors (Lipinski definition) is 1. The molecular weight excluding hydrogens is 224 g/mol. The van der Waals surface area contributed by atoms with Crippen LogP contribution in [0.25, 0.3) is 0 Å². The largest absolute Gasteiger partial charge is 0.474 e. The molecule has 0 radical (unpaired) electrons. The number of nitriles is 1. The lowest BCUT2D eigenvalue weighted by Gasteiger charge is -2.13. The first kappa shape index (κ1) is 12.8. The van der Waals surface area contributed by atoms with Gasteiger partial charge in [-0.3, -0.25) is 0 Å². The minimum Gasteiger partial charge on any atom is -0.474 e. The summed E-state index contributed by atoms with van der Waals surface area (Å²) in [6, 6.07) is 7.37. The zero-order valence-electron chi connectivity index (χ0n) is 9.40. The lowest BCUT2D eigenvalue weighted by Crippen LogP contribution is -2.12. The van der Waals surface area contributed by atoms with Crippen LogP contribution in [0.1, 0.15) is 31.9 Å². The minimum atomic E-state index is -0.460. The second-order valence-electron chi connectivity index (χ2n) is 3.62. The summed E-state index contributed by atoms with van der Waals surface area (Å²) in [4.78, 5) is 0. The number of benzene rings is 1. The van der Waals surface area contributed by atoms with Gasteiger partial charge in [0.15, 0.2) is 6.10 Å². The molecule has 0 aliphatic heterocycles. The molecule has 1 rings (SSSR count). The van der Waals surface area contributed by atoms with E-state index in [2.05, 4.69) is 6.07 Å². The van der Waals surface area contributed by atoms with Gasteiger partial charge in [-0.25, -0.2) is 0 Å². The van der Waals surface area contributed by atoms with Crippen LogP contribution >= 0.6 is 11.6 Å². The molecule has 0 spiro atoms. The van der Waals surface area contributed by atoms with Gasteiger partial charge in [-0.15, -0.1) is 0 Å². The molecule has 0 aliphatic rings. The van der Waals surface area contributed by atoms with E-state index in [1.807, 2.05) is 19.9 Å². The summed E-state index contributed by atoms with van der Waals surface area (Å²) < 4.78 is 5.44. The normalized spacial score (nSPS) is 13.9. The Bertz CT molecular complexity index is 398. The highest BCUT2D eigenvalue weighted by molar-refractivity contribution is 6.32. The molecule has 2 atom stereocenters. The zero-order valence-corrected chi connectivity index (χ0v) is 10.2. The summed E-state index contributed by atoms with van der Waals surface area (Å²) in [6.45, 7) is 3.77. The van der Waals surface area contributed by atoms with Crippen molar-refractivity contribution < 1.29 is 4.74 Å². The van der Waals surface area contributed by atoms with Gasteiger partial charge in [0, 0.05) is 6.04 Å². The smallest absolute Gasteiger partial charge is 0.184 e. The van der Waals surface area contributed by atoms with Crippen LogP contribution in [0.4, 0.5) is 0 Å². The van der Waals surface area contributed by atoms with Gasteiger partial charge in [-0.05, 0) is 31.0 Å². The van der Waals surface area contributed by atoms with E-state index in [1.54, 1.807) is 12.1 Å². The van der Waals surface area contributed by atoms with Gasteiger partial charge in [0.1, 0.15) is 11.8 Å². The van der Waals surface area contributed by atoms with E-state index in [-0.39, 0.29) is 6.04 Å². The summed E-state index contributed by atoms with van der Waals surface area (Å²) in [7, 11) is 0. The quantitative estimate of drug-likeness (QED) is 0.877. The number of halogens is 1. The maximum absolute atomic E-state index is 8.78. The fraction of sp³-hybridized carbons (Fsp3) is 0.417. The van der Waals surface area contributed by atoms with Gasteiger partial charge in [-0.2, -0.15) is 5.26 Å². The molecule has 0 saturated carbocycles. The molecule has 3 nitrogen and oxygen atoms in total. The van der Waals surface area contributed by atoms with E-state index in [0.29, 0.717) is 17.2 Å². The highest BCUT2D eigenvalue weighted by atomic mass is 35.5. The van der Waals surface area contributed by atoms with Gasteiger partial charge in [0.25, 0.3) is 0 Å². The van der Waals surface area contributed by atoms with E-state index in [1.165, 1.54) is 0 Å². The van der Waals surface area contributed by atoms with Gasteiger partial charge < -0.3 is 10.5 Å². The second kappa shape index (κ2) is 5.74. The Morgan fingerprint density at radius 2 is 2.25 bits per heavy atom. The van der Waals surface area contributed by atoms with Crippen LogP contribution in [-0.2, 0) is 0 Å². The Morgan fingerprint density at radius 1 is 1.56 bits per heavy atom. The number of nitrogens with two attached hydrogens (primary N) is 1. The number of nitrogens with zero attached hydrogens (tertiary/aromatic N) is 1. The maximum atomic E-state index is 8.78. The van der Waals surface area contributed by atoms with Crippen molar-refractivity contribution in [3.05, 3.63) is 28.8 Å². The van der Waals surface area contributed by atoms with Crippen molar-refractivity contribution in [1.29, 1.82) is 5.26 Å². The van der Waals surface area contributed by atoms with Crippen LogP contribution in [0.5, 0.6) is 5.75 Å². The third-order valence-electron chi connectivity index (χ3n) is 2.27. The summed E-state index contributed by atoms with van der Waals surface area (Å²) in [6.07, 6.45) is 0.167. The molecule has 0 heterocycles. The molecule has 0 bridgehead atoms. The number of rotatable bonds is 4. The molecule has 0 aromatic heterocycles. The molecule has 1 aromatic rings. The fourth-order valence-electron chi connectivity index (χ4n) is 1.25. The molecule has 0 fully saturated rings. The van der Waals surface area contributed by atoms with Crippen molar-refractivity contribution in [1.82, 2.24) is 0 Å². The van der Waals surface area contributed by atoms with Gasteiger partial charge in [-0.1, -0.05) is 24.6 Å². The molecule has 2 N–H and O–H groups in total. The summed E-state index contributed by atoms with van der Waals surface area (Å²) in [5.74, 6) is 0.527. The van der Waals surface area contributed by atoms with Crippen molar-refractivity contribution in [3.8, 4) is 11.8 Å². The van der Waals surface area contributed by atoms with E-state index in [4.69, 9.17) is 27.3 Å². The Kier molecular flexibility index (Phi) is 4.60. The summed E-state index contributed by atoms with van der Waals surface area (Å²) >= 11 is 6.04. The third-order valence-corrected chi connectivity index (χ3v) is 2.56. The lowest BCUT2D eigenvalue weighted by atomic mass is 10.1. The molecular formula is C12H15ClN2O. The highest BCUT2D eigenvalue weighted by Gasteiger charge is 2.10. The van der Waals surface area contributed by atoms with Gasteiger partial charge >= 0.3 is 0 Å². The van der Waals surface area contributed by atoms with Crippen LogP contribution in [0.3, 0.4) is 0 Å². The second-order valence-corrected chi connectivity index (χ2v) is 4.03. The van der Waals surface area contributed by atoms with E-state index < -0.39 is 6.10 Å². The third kappa shape index (κ3) is 3.13. The first-order chi connectivity index (χ1) is 7.58. The molecule has 16 heavy (non-hydrogen) atoms.